The van der Waals surface area contributed by atoms with Gasteiger partial charge in [0.2, 0.25) is 0 Å². The predicted octanol–water partition coefficient (Wildman–Crippen LogP) is 3.31. The molecule has 2 rings (SSSR count). The molecule has 0 aromatic carbocycles. The van der Waals surface area contributed by atoms with Crippen LogP contribution in [-0.2, 0) is 5.60 Å². The molecule has 1 aliphatic rings. The Morgan fingerprint density at radius 3 is 2.53 bits per heavy atom. The van der Waals surface area contributed by atoms with E-state index in [1.807, 2.05) is 12.1 Å². The number of hydrogen-bond acceptors (Lipinski definition) is 2. The van der Waals surface area contributed by atoms with Gasteiger partial charge in [-0.2, -0.15) is 0 Å². The molecular weight excluding hydrogens is 188 g/mol. The lowest BCUT2D eigenvalue weighted by molar-refractivity contribution is -0.0370. The third-order valence-corrected chi connectivity index (χ3v) is 3.78. The lowest BCUT2D eigenvalue weighted by Crippen LogP contribution is -2.32. The van der Waals surface area contributed by atoms with Crippen LogP contribution in [-0.4, -0.2) is 5.11 Å². The van der Waals surface area contributed by atoms with Crippen molar-refractivity contribution in [1.82, 2.24) is 0 Å². The minimum Gasteiger partial charge on any atom is -0.466 e. The molecule has 0 amide bonds. The zero-order valence-electron chi connectivity index (χ0n) is 9.57. The average molecular weight is 208 g/mol. The van der Waals surface area contributed by atoms with E-state index in [4.69, 9.17) is 4.42 Å². The van der Waals surface area contributed by atoms with Crippen LogP contribution < -0.4 is 0 Å². The van der Waals surface area contributed by atoms with Gasteiger partial charge in [0.15, 0.2) is 0 Å². The maximum Gasteiger partial charge on any atom is 0.135 e. The molecule has 1 aromatic rings. The largest absolute Gasteiger partial charge is 0.466 e. The van der Waals surface area contributed by atoms with E-state index in [0.717, 1.165) is 43.3 Å². The van der Waals surface area contributed by atoms with Crippen molar-refractivity contribution in [2.75, 3.05) is 0 Å². The zero-order valence-corrected chi connectivity index (χ0v) is 9.57. The van der Waals surface area contributed by atoms with Crippen molar-refractivity contribution in [3.05, 3.63) is 24.2 Å². The third-order valence-electron chi connectivity index (χ3n) is 3.78. The number of rotatable bonds is 2. The number of hydrogen-bond donors (Lipinski definition) is 1. The highest BCUT2D eigenvalue weighted by molar-refractivity contribution is 5.10. The van der Waals surface area contributed by atoms with Crippen LogP contribution in [0.3, 0.4) is 0 Å². The topological polar surface area (TPSA) is 33.4 Å². The van der Waals surface area contributed by atoms with Crippen molar-refractivity contribution in [3.63, 3.8) is 0 Å². The Morgan fingerprint density at radius 1 is 1.40 bits per heavy atom. The fraction of sp³-hybridized carbons (Fsp3) is 0.692. The molecule has 84 valence electrons. The van der Waals surface area contributed by atoms with Crippen molar-refractivity contribution in [2.24, 2.45) is 11.8 Å². The molecule has 1 aromatic heterocycles. The van der Waals surface area contributed by atoms with Crippen molar-refractivity contribution in [2.45, 2.75) is 45.1 Å². The molecule has 0 atom stereocenters. The molecule has 1 N–H and O–H groups in total. The normalized spacial score (nSPS) is 32.1. The Bertz CT molecular complexity index is 292. The quantitative estimate of drug-likeness (QED) is 0.808. The van der Waals surface area contributed by atoms with E-state index in [1.54, 1.807) is 6.26 Å². The summed E-state index contributed by atoms with van der Waals surface area (Å²) in [7, 11) is 0. The summed E-state index contributed by atoms with van der Waals surface area (Å²) in [6, 6.07) is 3.73. The second-order valence-electron chi connectivity index (χ2n) is 5.09. The summed E-state index contributed by atoms with van der Waals surface area (Å²) in [5, 5.41) is 10.4. The SMILES string of the molecule is CC(C)C1CCC(O)(c2ccco2)CC1. The Labute approximate surface area is 91.3 Å². The van der Waals surface area contributed by atoms with Crippen molar-refractivity contribution in [1.29, 1.82) is 0 Å². The smallest absolute Gasteiger partial charge is 0.135 e. The van der Waals surface area contributed by atoms with Gasteiger partial charge in [0, 0.05) is 0 Å². The first-order valence-electron chi connectivity index (χ1n) is 5.88. The van der Waals surface area contributed by atoms with Gasteiger partial charge in [0.1, 0.15) is 11.4 Å². The van der Waals surface area contributed by atoms with Gasteiger partial charge in [0.05, 0.1) is 6.26 Å². The molecule has 2 heteroatoms. The van der Waals surface area contributed by atoms with E-state index in [9.17, 15) is 5.11 Å². The van der Waals surface area contributed by atoms with Gasteiger partial charge in [-0.1, -0.05) is 13.8 Å². The van der Waals surface area contributed by atoms with Crippen LogP contribution >= 0.6 is 0 Å². The van der Waals surface area contributed by atoms with E-state index < -0.39 is 5.60 Å². The van der Waals surface area contributed by atoms with Gasteiger partial charge in [-0.15, -0.1) is 0 Å². The first-order chi connectivity index (χ1) is 7.12. The lowest BCUT2D eigenvalue weighted by atomic mass is 9.74. The fourth-order valence-corrected chi connectivity index (χ4v) is 2.57. The molecule has 0 bridgehead atoms. The zero-order chi connectivity index (χ0) is 10.9. The Hall–Kier alpha value is -0.760. The summed E-state index contributed by atoms with van der Waals surface area (Å²) >= 11 is 0. The van der Waals surface area contributed by atoms with Gasteiger partial charge in [-0.3, -0.25) is 0 Å². The maximum absolute atomic E-state index is 10.4. The van der Waals surface area contributed by atoms with E-state index in [1.165, 1.54) is 0 Å². The molecule has 2 nitrogen and oxygen atoms in total. The standard InChI is InChI=1S/C13H20O2/c1-10(2)11-5-7-13(14,8-6-11)12-4-3-9-15-12/h3-4,9-11,14H,5-8H2,1-2H3. The van der Waals surface area contributed by atoms with Crippen molar-refractivity contribution >= 4 is 0 Å². The molecule has 1 aliphatic carbocycles. The van der Waals surface area contributed by atoms with Crippen LogP contribution in [0.5, 0.6) is 0 Å². The Kier molecular flexibility index (Phi) is 2.87. The highest BCUT2D eigenvalue weighted by Gasteiger charge is 2.37. The highest BCUT2D eigenvalue weighted by atomic mass is 16.4. The van der Waals surface area contributed by atoms with Crippen LogP contribution in [0.2, 0.25) is 0 Å². The third kappa shape index (κ3) is 2.10. The molecule has 1 heterocycles. The van der Waals surface area contributed by atoms with E-state index >= 15 is 0 Å². The minimum absolute atomic E-state index is 0.700. The molecule has 0 radical (unpaired) electrons. The van der Waals surface area contributed by atoms with E-state index in [-0.39, 0.29) is 0 Å². The molecule has 0 unspecified atom stereocenters. The number of furan rings is 1. The van der Waals surface area contributed by atoms with Crippen molar-refractivity contribution < 1.29 is 9.52 Å². The predicted molar refractivity (Wildman–Crippen MR) is 59.4 cm³/mol. The molecule has 0 spiro atoms. The van der Waals surface area contributed by atoms with E-state index in [2.05, 4.69) is 13.8 Å². The summed E-state index contributed by atoms with van der Waals surface area (Å²) < 4.78 is 5.32. The molecule has 1 saturated carbocycles. The van der Waals surface area contributed by atoms with Crippen LogP contribution in [0.1, 0.15) is 45.3 Å². The van der Waals surface area contributed by atoms with Gasteiger partial charge in [0.25, 0.3) is 0 Å². The number of aliphatic hydroxyl groups is 1. The second-order valence-corrected chi connectivity index (χ2v) is 5.09. The van der Waals surface area contributed by atoms with Crippen LogP contribution in [0.15, 0.2) is 22.8 Å². The summed E-state index contributed by atoms with van der Waals surface area (Å²) in [6.45, 7) is 4.53. The summed E-state index contributed by atoms with van der Waals surface area (Å²) in [6.07, 6.45) is 5.53. The maximum atomic E-state index is 10.4. The highest BCUT2D eigenvalue weighted by Crippen LogP contribution is 2.41. The van der Waals surface area contributed by atoms with Crippen LogP contribution in [0.25, 0.3) is 0 Å². The summed E-state index contributed by atoms with van der Waals surface area (Å²) in [5.74, 6) is 2.23. The molecular formula is C13H20O2. The Balaban J connectivity index is 2.03. The molecule has 1 fully saturated rings. The first-order valence-corrected chi connectivity index (χ1v) is 5.88. The van der Waals surface area contributed by atoms with Crippen LogP contribution in [0, 0.1) is 11.8 Å². The minimum atomic E-state index is -0.700. The van der Waals surface area contributed by atoms with Crippen LogP contribution in [0.4, 0.5) is 0 Å². The van der Waals surface area contributed by atoms with Gasteiger partial charge >= 0.3 is 0 Å². The van der Waals surface area contributed by atoms with Gasteiger partial charge in [-0.25, -0.2) is 0 Å². The lowest BCUT2D eigenvalue weighted by Gasteiger charge is -2.36. The summed E-state index contributed by atoms with van der Waals surface area (Å²) in [4.78, 5) is 0. The van der Waals surface area contributed by atoms with Gasteiger partial charge < -0.3 is 9.52 Å². The molecule has 15 heavy (non-hydrogen) atoms. The second kappa shape index (κ2) is 4.01. The summed E-state index contributed by atoms with van der Waals surface area (Å²) in [5.41, 5.74) is -0.700. The fourth-order valence-electron chi connectivity index (χ4n) is 2.57. The average Bonchev–Trinajstić information content (AvgIpc) is 2.71. The Morgan fingerprint density at radius 2 is 2.07 bits per heavy atom. The first kappa shape index (κ1) is 10.7. The monoisotopic (exact) mass is 208 g/mol. The van der Waals surface area contributed by atoms with Gasteiger partial charge in [-0.05, 0) is 49.7 Å². The molecule has 0 saturated heterocycles. The molecule has 0 aliphatic heterocycles. The van der Waals surface area contributed by atoms with Crippen molar-refractivity contribution in [3.8, 4) is 0 Å². The van der Waals surface area contributed by atoms with E-state index in [0.29, 0.717) is 0 Å².